The van der Waals surface area contributed by atoms with Crippen LogP contribution in [0.1, 0.15) is 23.2 Å². The number of H-pyrrole nitrogens is 1. The Hall–Kier alpha value is -0.880. The number of amides is 1. The fraction of sp³-hybridized carbons (Fsp3) is 0.556. The second-order valence-corrected chi connectivity index (χ2v) is 4.39. The summed E-state index contributed by atoms with van der Waals surface area (Å²) in [6.07, 6.45) is 3.50. The Kier molecular flexibility index (Phi) is 3.37. The Bertz CT molecular complexity index is 346. The summed E-state index contributed by atoms with van der Waals surface area (Å²) in [5, 5.41) is 12.7. The fourth-order valence-corrected chi connectivity index (χ4v) is 2.04. The third-order valence-corrected chi connectivity index (χ3v) is 3.12. The molecular formula is C9H13BrN4O. The molecule has 15 heavy (non-hydrogen) atoms. The summed E-state index contributed by atoms with van der Waals surface area (Å²) in [6, 6.07) is 0.278. The monoisotopic (exact) mass is 272 g/mol. The lowest BCUT2D eigenvalue weighted by Crippen LogP contribution is -2.42. The summed E-state index contributed by atoms with van der Waals surface area (Å²) in [4.78, 5) is 11.8. The molecule has 0 saturated carbocycles. The van der Waals surface area contributed by atoms with Crippen LogP contribution in [0.4, 0.5) is 0 Å². The molecule has 1 aliphatic rings. The summed E-state index contributed by atoms with van der Waals surface area (Å²) < 4.78 is 0.633. The van der Waals surface area contributed by atoms with Gasteiger partial charge in [0, 0.05) is 6.04 Å². The van der Waals surface area contributed by atoms with Crippen molar-refractivity contribution in [2.45, 2.75) is 18.9 Å². The van der Waals surface area contributed by atoms with E-state index in [9.17, 15) is 4.79 Å². The van der Waals surface area contributed by atoms with Crippen molar-refractivity contribution in [2.24, 2.45) is 0 Å². The fourth-order valence-electron chi connectivity index (χ4n) is 1.66. The molecule has 3 N–H and O–H groups in total. The van der Waals surface area contributed by atoms with E-state index in [4.69, 9.17) is 0 Å². The Balaban J connectivity index is 1.94. The van der Waals surface area contributed by atoms with Crippen LogP contribution >= 0.6 is 15.9 Å². The van der Waals surface area contributed by atoms with Crippen molar-refractivity contribution in [3.05, 3.63) is 16.4 Å². The van der Waals surface area contributed by atoms with E-state index in [-0.39, 0.29) is 11.9 Å². The molecule has 0 atom stereocenters. The number of halogens is 1. The Morgan fingerprint density at radius 2 is 2.27 bits per heavy atom. The molecule has 0 unspecified atom stereocenters. The first-order chi connectivity index (χ1) is 7.27. The topological polar surface area (TPSA) is 69.8 Å². The van der Waals surface area contributed by atoms with Crippen LogP contribution in [0.5, 0.6) is 0 Å². The van der Waals surface area contributed by atoms with E-state index in [0.717, 1.165) is 25.9 Å². The molecule has 6 heteroatoms. The average Bonchev–Trinajstić information content (AvgIpc) is 2.66. The molecule has 82 valence electrons. The first-order valence-corrected chi connectivity index (χ1v) is 5.77. The lowest BCUT2D eigenvalue weighted by molar-refractivity contribution is 0.0929. The molecule has 1 saturated heterocycles. The van der Waals surface area contributed by atoms with Crippen LogP contribution in [0.3, 0.4) is 0 Å². The molecule has 1 amide bonds. The number of aromatic nitrogens is 2. The maximum Gasteiger partial charge on any atom is 0.255 e. The minimum atomic E-state index is -0.0671. The van der Waals surface area contributed by atoms with Crippen molar-refractivity contribution in [3.63, 3.8) is 0 Å². The van der Waals surface area contributed by atoms with Gasteiger partial charge in [-0.25, -0.2) is 0 Å². The van der Waals surface area contributed by atoms with E-state index in [1.807, 2.05) is 0 Å². The van der Waals surface area contributed by atoms with Gasteiger partial charge in [0.1, 0.15) is 4.60 Å². The molecule has 5 nitrogen and oxygen atoms in total. The van der Waals surface area contributed by atoms with Crippen LogP contribution < -0.4 is 10.6 Å². The number of carbonyl (C=O) groups excluding carboxylic acids is 1. The number of nitrogens with one attached hydrogen (secondary N) is 3. The van der Waals surface area contributed by atoms with E-state index < -0.39 is 0 Å². The number of nitrogens with zero attached hydrogens (tertiary/aromatic N) is 1. The van der Waals surface area contributed by atoms with Crippen molar-refractivity contribution >= 4 is 21.8 Å². The van der Waals surface area contributed by atoms with Gasteiger partial charge in [0.05, 0.1) is 11.8 Å². The number of carbonyl (C=O) groups is 1. The van der Waals surface area contributed by atoms with Gasteiger partial charge in [-0.2, -0.15) is 5.10 Å². The maximum atomic E-state index is 11.8. The van der Waals surface area contributed by atoms with Crippen molar-refractivity contribution in [1.29, 1.82) is 0 Å². The molecule has 0 bridgehead atoms. The highest BCUT2D eigenvalue weighted by molar-refractivity contribution is 9.10. The quantitative estimate of drug-likeness (QED) is 0.741. The largest absolute Gasteiger partial charge is 0.349 e. The van der Waals surface area contributed by atoms with E-state index in [2.05, 4.69) is 36.8 Å². The molecule has 1 aliphatic heterocycles. The molecule has 1 aromatic rings. The smallest absolute Gasteiger partial charge is 0.255 e. The van der Waals surface area contributed by atoms with Crippen LogP contribution in [0.15, 0.2) is 10.8 Å². The highest BCUT2D eigenvalue weighted by atomic mass is 79.9. The zero-order valence-corrected chi connectivity index (χ0v) is 9.80. The Labute approximate surface area is 96.1 Å². The van der Waals surface area contributed by atoms with Gasteiger partial charge in [0.25, 0.3) is 5.91 Å². The number of aromatic amines is 1. The van der Waals surface area contributed by atoms with Gasteiger partial charge in [-0.1, -0.05) is 0 Å². The second kappa shape index (κ2) is 4.76. The Morgan fingerprint density at radius 3 is 2.87 bits per heavy atom. The van der Waals surface area contributed by atoms with Gasteiger partial charge in [-0.05, 0) is 41.9 Å². The average molecular weight is 273 g/mol. The normalized spacial score (nSPS) is 17.7. The maximum absolute atomic E-state index is 11.8. The standard InChI is InChI=1S/C9H13BrN4O/c10-8-7(5-12-14-8)9(15)13-6-1-3-11-4-2-6/h5-6,11H,1-4H2,(H,12,14)(H,13,15). The zero-order valence-electron chi connectivity index (χ0n) is 8.22. The van der Waals surface area contributed by atoms with E-state index in [0.29, 0.717) is 10.2 Å². The lowest BCUT2D eigenvalue weighted by Gasteiger charge is -2.23. The van der Waals surface area contributed by atoms with Gasteiger partial charge in [-0.15, -0.1) is 0 Å². The molecule has 1 fully saturated rings. The summed E-state index contributed by atoms with van der Waals surface area (Å²) in [6.45, 7) is 1.94. The lowest BCUT2D eigenvalue weighted by atomic mass is 10.1. The van der Waals surface area contributed by atoms with Crippen LogP contribution in [-0.2, 0) is 0 Å². The minimum absolute atomic E-state index is 0.0671. The third kappa shape index (κ3) is 2.57. The summed E-state index contributed by atoms with van der Waals surface area (Å²) >= 11 is 3.24. The number of rotatable bonds is 2. The van der Waals surface area contributed by atoms with Gasteiger partial charge in [0.15, 0.2) is 0 Å². The van der Waals surface area contributed by atoms with Crippen molar-refractivity contribution < 1.29 is 4.79 Å². The summed E-state index contributed by atoms with van der Waals surface area (Å²) in [5.41, 5.74) is 0.563. The van der Waals surface area contributed by atoms with E-state index in [1.165, 1.54) is 6.20 Å². The minimum Gasteiger partial charge on any atom is -0.349 e. The summed E-state index contributed by atoms with van der Waals surface area (Å²) in [7, 11) is 0. The van der Waals surface area contributed by atoms with Gasteiger partial charge < -0.3 is 10.6 Å². The predicted molar refractivity (Wildman–Crippen MR) is 59.6 cm³/mol. The molecular weight excluding hydrogens is 260 g/mol. The van der Waals surface area contributed by atoms with Crippen molar-refractivity contribution in [3.8, 4) is 0 Å². The van der Waals surface area contributed by atoms with E-state index in [1.54, 1.807) is 0 Å². The molecule has 2 heterocycles. The van der Waals surface area contributed by atoms with Crippen LogP contribution in [0, 0.1) is 0 Å². The van der Waals surface area contributed by atoms with Gasteiger partial charge in [0.2, 0.25) is 0 Å². The first kappa shape index (κ1) is 10.6. The third-order valence-electron chi connectivity index (χ3n) is 2.51. The zero-order chi connectivity index (χ0) is 10.7. The molecule has 2 rings (SSSR count). The van der Waals surface area contributed by atoms with E-state index >= 15 is 0 Å². The molecule has 0 aromatic carbocycles. The molecule has 0 radical (unpaired) electrons. The number of hydrogen-bond donors (Lipinski definition) is 3. The first-order valence-electron chi connectivity index (χ1n) is 4.98. The molecule has 0 spiro atoms. The second-order valence-electron chi connectivity index (χ2n) is 3.60. The highest BCUT2D eigenvalue weighted by Gasteiger charge is 2.18. The van der Waals surface area contributed by atoms with Gasteiger partial charge >= 0.3 is 0 Å². The summed E-state index contributed by atoms with van der Waals surface area (Å²) in [5.74, 6) is -0.0671. The van der Waals surface area contributed by atoms with Crippen LogP contribution in [-0.4, -0.2) is 35.2 Å². The number of hydrogen-bond acceptors (Lipinski definition) is 3. The molecule has 0 aliphatic carbocycles. The van der Waals surface area contributed by atoms with Crippen LogP contribution in [0.25, 0.3) is 0 Å². The predicted octanol–water partition coefficient (Wildman–Crippen LogP) is 0.654. The Morgan fingerprint density at radius 1 is 1.53 bits per heavy atom. The van der Waals surface area contributed by atoms with Crippen molar-refractivity contribution in [2.75, 3.05) is 13.1 Å². The highest BCUT2D eigenvalue weighted by Crippen LogP contribution is 2.12. The number of piperidine rings is 1. The SMILES string of the molecule is O=C(NC1CCNCC1)c1cn[nH]c1Br. The van der Waals surface area contributed by atoms with Crippen molar-refractivity contribution in [1.82, 2.24) is 20.8 Å². The molecule has 1 aromatic heterocycles. The van der Waals surface area contributed by atoms with Gasteiger partial charge in [-0.3, -0.25) is 9.89 Å². The van der Waals surface area contributed by atoms with Crippen LogP contribution in [0.2, 0.25) is 0 Å².